The van der Waals surface area contributed by atoms with Crippen LogP contribution in [-0.4, -0.2) is 34.4 Å². The van der Waals surface area contributed by atoms with Gasteiger partial charge >= 0.3 is 0 Å². The molecule has 0 spiro atoms. The molecular formula is C22H24N4. The van der Waals surface area contributed by atoms with Crippen LogP contribution in [-0.2, 0) is 13.0 Å². The lowest BCUT2D eigenvalue weighted by Crippen LogP contribution is -2.57. The van der Waals surface area contributed by atoms with E-state index in [4.69, 9.17) is 0 Å². The Morgan fingerprint density at radius 1 is 1.00 bits per heavy atom. The van der Waals surface area contributed by atoms with Gasteiger partial charge in [0, 0.05) is 25.2 Å². The molecular weight excluding hydrogens is 320 g/mol. The van der Waals surface area contributed by atoms with E-state index in [-0.39, 0.29) is 0 Å². The molecule has 2 heterocycles. The van der Waals surface area contributed by atoms with Crippen LogP contribution >= 0.6 is 0 Å². The summed E-state index contributed by atoms with van der Waals surface area (Å²) >= 11 is 0. The Hall–Kier alpha value is -2.80. The Balaban J connectivity index is 1.66. The van der Waals surface area contributed by atoms with Gasteiger partial charge in [0.1, 0.15) is 0 Å². The molecule has 4 nitrogen and oxygen atoms in total. The van der Waals surface area contributed by atoms with E-state index < -0.39 is 0 Å². The van der Waals surface area contributed by atoms with Gasteiger partial charge in [0.05, 0.1) is 0 Å². The average Bonchev–Trinajstić information content (AvgIpc) is 3.14. The number of guanidine groups is 1. The third-order valence-corrected chi connectivity index (χ3v) is 5.54. The van der Waals surface area contributed by atoms with Gasteiger partial charge in [-0.2, -0.15) is 5.26 Å². The van der Waals surface area contributed by atoms with Crippen LogP contribution in [0.15, 0.2) is 65.7 Å². The first-order valence-corrected chi connectivity index (χ1v) is 9.43. The topological polar surface area (TPSA) is 42.6 Å². The summed E-state index contributed by atoms with van der Waals surface area (Å²) in [6.45, 7) is 1.80. The van der Waals surface area contributed by atoms with Crippen LogP contribution in [0.5, 0.6) is 0 Å². The minimum atomic E-state index is 0.365. The Morgan fingerprint density at radius 2 is 1.69 bits per heavy atom. The van der Waals surface area contributed by atoms with Gasteiger partial charge in [-0.05, 0) is 36.8 Å². The second-order valence-corrected chi connectivity index (χ2v) is 7.19. The molecule has 0 bridgehead atoms. The molecule has 0 aliphatic carbocycles. The van der Waals surface area contributed by atoms with E-state index in [0.717, 1.165) is 31.9 Å². The first-order chi connectivity index (χ1) is 12.8. The fourth-order valence-corrected chi connectivity index (χ4v) is 4.35. The molecule has 0 saturated carbocycles. The molecule has 4 heteroatoms. The third-order valence-electron chi connectivity index (χ3n) is 5.54. The van der Waals surface area contributed by atoms with Gasteiger partial charge < -0.3 is 9.80 Å². The molecule has 0 amide bonds. The molecule has 2 aromatic rings. The number of benzene rings is 2. The summed E-state index contributed by atoms with van der Waals surface area (Å²) in [6.07, 6.45) is 6.56. The maximum Gasteiger partial charge on any atom is 0.213 e. The lowest BCUT2D eigenvalue weighted by Gasteiger charge is -2.46. The predicted molar refractivity (Wildman–Crippen MR) is 103 cm³/mol. The molecule has 26 heavy (non-hydrogen) atoms. The van der Waals surface area contributed by atoms with E-state index in [1.54, 1.807) is 0 Å². The minimum absolute atomic E-state index is 0.365. The summed E-state index contributed by atoms with van der Waals surface area (Å²) in [6, 6.07) is 22.0. The van der Waals surface area contributed by atoms with Crippen molar-refractivity contribution in [3.8, 4) is 6.19 Å². The van der Waals surface area contributed by atoms with Crippen LogP contribution in [0, 0.1) is 11.5 Å². The molecule has 0 aromatic heterocycles. The molecule has 0 N–H and O–H groups in total. The van der Waals surface area contributed by atoms with E-state index in [0.29, 0.717) is 12.1 Å². The van der Waals surface area contributed by atoms with Crippen molar-refractivity contribution in [3.63, 3.8) is 0 Å². The highest BCUT2D eigenvalue weighted by Crippen LogP contribution is 2.32. The SMILES string of the molecule is N#CN=C1N2CCCC2CC(Cc2ccccc2)N1Cc1ccccc1. The van der Waals surface area contributed by atoms with Crippen LogP contribution < -0.4 is 0 Å². The molecule has 0 radical (unpaired) electrons. The van der Waals surface area contributed by atoms with Crippen molar-refractivity contribution in [1.82, 2.24) is 9.80 Å². The van der Waals surface area contributed by atoms with Gasteiger partial charge in [-0.1, -0.05) is 60.7 Å². The smallest absolute Gasteiger partial charge is 0.213 e. The van der Waals surface area contributed by atoms with Crippen molar-refractivity contribution in [2.24, 2.45) is 4.99 Å². The van der Waals surface area contributed by atoms with Crippen LogP contribution in [0.1, 0.15) is 30.4 Å². The van der Waals surface area contributed by atoms with E-state index in [9.17, 15) is 5.26 Å². The zero-order valence-electron chi connectivity index (χ0n) is 15.0. The monoisotopic (exact) mass is 344 g/mol. The molecule has 2 unspecified atom stereocenters. The second-order valence-electron chi connectivity index (χ2n) is 7.19. The van der Waals surface area contributed by atoms with Crippen molar-refractivity contribution in [1.29, 1.82) is 5.26 Å². The summed E-state index contributed by atoms with van der Waals surface area (Å²) in [5.74, 6) is 0.867. The van der Waals surface area contributed by atoms with Crippen LogP contribution in [0.4, 0.5) is 0 Å². The number of hydrogen-bond acceptors (Lipinski definition) is 2. The number of nitrogens with zero attached hydrogens (tertiary/aromatic N) is 4. The van der Waals surface area contributed by atoms with Gasteiger partial charge in [0.15, 0.2) is 0 Å². The molecule has 2 saturated heterocycles. The van der Waals surface area contributed by atoms with Crippen LogP contribution in [0.3, 0.4) is 0 Å². The average molecular weight is 344 g/mol. The summed E-state index contributed by atoms with van der Waals surface area (Å²) < 4.78 is 0. The molecule has 2 aliphatic rings. The minimum Gasteiger partial charge on any atom is -0.339 e. The zero-order chi connectivity index (χ0) is 17.8. The maximum atomic E-state index is 9.31. The number of aliphatic imine (C=N–C) groups is 1. The van der Waals surface area contributed by atoms with E-state index in [2.05, 4.69) is 75.6 Å². The second kappa shape index (κ2) is 7.61. The van der Waals surface area contributed by atoms with E-state index in [1.165, 1.54) is 24.0 Å². The van der Waals surface area contributed by atoms with Crippen LogP contribution in [0.2, 0.25) is 0 Å². The predicted octanol–water partition coefficient (Wildman–Crippen LogP) is 3.81. The highest BCUT2D eigenvalue weighted by atomic mass is 15.4. The fourth-order valence-electron chi connectivity index (χ4n) is 4.35. The van der Waals surface area contributed by atoms with Gasteiger partial charge in [0.2, 0.25) is 12.2 Å². The largest absolute Gasteiger partial charge is 0.339 e. The summed E-state index contributed by atoms with van der Waals surface area (Å²) in [5.41, 5.74) is 2.60. The zero-order valence-corrected chi connectivity index (χ0v) is 15.0. The highest BCUT2D eigenvalue weighted by Gasteiger charge is 2.40. The lowest BCUT2D eigenvalue weighted by molar-refractivity contribution is 0.158. The number of fused-ring (bicyclic) bond motifs is 1. The van der Waals surface area contributed by atoms with Gasteiger partial charge in [0.25, 0.3) is 0 Å². The Morgan fingerprint density at radius 3 is 2.38 bits per heavy atom. The molecule has 132 valence electrons. The molecule has 2 fully saturated rings. The number of rotatable bonds is 4. The Bertz CT molecular complexity index is 794. The molecule has 4 rings (SSSR count). The quantitative estimate of drug-likeness (QED) is 0.792. The van der Waals surface area contributed by atoms with Crippen molar-refractivity contribution in [2.75, 3.05) is 6.54 Å². The molecule has 2 atom stereocenters. The van der Waals surface area contributed by atoms with Crippen LogP contribution in [0.25, 0.3) is 0 Å². The Kier molecular flexibility index (Phi) is 4.88. The van der Waals surface area contributed by atoms with Gasteiger partial charge in [-0.15, -0.1) is 4.99 Å². The van der Waals surface area contributed by atoms with E-state index >= 15 is 0 Å². The first-order valence-electron chi connectivity index (χ1n) is 9.43. The number of nitriles is 1. The lowest BCUT2D eigenvalue weighted by atomic mass is 9.94. The van der Waals surface area contributed by atoms with Crippen molar-refractivity contribution in [2.45, 2.75) is 44.3 Å². The highest BCUT2D eigenvalue weighted by molar-refractivity contribution is 5.83. The summed E-state index contributed by atoms with van der Waals surface area (Å²) in [5, 5.41) is 9.31. The molecule has 2 aliphatic heterocycles. The fraction of sp³-hybridized carbons (Fsp3) is 0.364. The summed E-state index contributed by atoms with van der Waals surface area (Å²) in [4.78, 5) is 8.98. The summed E-state index contributed by atoms with van der Waals surface area (Å²) in [7, 11) is 0. The van der Waals surface area contributed by atoms with Gasteiger partial charge in [-0.3, -0.25) is 0 Å². The van der Waals surface area contributed by atoms with Crippen molar-refractivity contribution < 1.29 is 0 Å². The standard InChI is InChI=1S/C22H24N4/c23-17-24-22-25-13-7-12-20(25)15-21(14-18-8-3-1-4-9-18)26(22)16-19-10-5-2-6-11-19/h1-6,8-11,20-21H,7,12-16H2. The van der Waals surface area contributed by atoms with Crippen molar-refractivity contribution >= 4 is 5.96 Å². The number of hydrogen-bond donors (Lipinski definition) is 0. The van der Waals surface area contributed by atoms with Crippen molar-refractivity contribution in [3.05, 3.63) is 71.8 Å². The third kappa shape index (κ3) is 3.43. The normalized spacial score (nSPS) is 23.7. The first kappa shape index (κ1) is 16.7. The molecule has 2 aromatic carbocycles. The van der Waals surface area contributed by atoms with E-state index in [1.807, 2.05) is 6.07 Å². The van der Waals surface area contributed by atoms with Gasteiger partial charge in [-0.25, -0.2) is 0 Å². The Labute approximate surface area is 155 Å². The maximum absolute atomic E-state index is 9.31.